The van der Waals surface area contributed by atoms with Gasteiger partial charge in [-0.1, -0.05) is 23.7 Å². The molecule has 3 rings (SSSR count). The van der Waals surface area contributed by atoms with Gasteiger partial charge in [-0.3, -0.25) is 10.1 Å². The van der Waals surface area contributed by atoms with Gasteiger partial charge in [0.15, 0.2) is 0 Å². The van der Waals surface area contributed by atoms with Crippen molar-refractivity contribution in [1.82, 2.24) is 9.38 Å². The number of pyridine rings is 1. The van der Waals surface area contributed by atoms with Crippen LogP contribution in [0, 0.1) is 10.1 Å². The monoisotopic (exact) mass is 273 g/mol. The van der Waals surface area contributed by atoms with Gasteiger partial charge in [-0.25, -0.2) is 4.98 Å². The summed E-state index contributed by atoms with van der Waals surface area (Å²) in [5.74, 6) is 0. The number of benzene rings is 1. The molecule has 1 aromatic carbocycles. The fourth-order valence-corrected chi connectivity index (χ4v) is 2.05. The van der Waals surface area contributed by atoms with Gasteiger partial charge in [0.1, 0.15) is 5.65 Å². The molecule has 0 fully saturated rings. The van der Waals surface area contributed by atoms with E-state index in [1.807, 2.05) is 0 Å². The van der Waals surface area contributed by atoms with Gasteiger partial charge in [-0.15, -0.1) is 0 Å². The predicted octanol–water partition coefficient (Wildman–Crippen LogP) is 3.56. The average Bonchev–Trinajstić information content (AvgIpc) is 2.81. The van der Waals surface area contributed by atoms with E-state index >= 15 is 0 Å². The highest BCUT2D eigenvalue weighted by Gasteiger charge is 2.09. The number of fused-ring (bicyclic) bond motifs is 1. The van der Waals surface area contributed by atoms with Crippen molar-refractivity contribution in [2.45, 2.75) is 0 Å². The molecule has 0 atom stereocenters. The van der Waals surface area contributed by atoms with Crippen molar-refractivity contribution in [3.8, 4) is 11.3 Å². The Morgan fingerprint density at radius 2 is 2.05 bits per heavy atom. The summed E-state index contributed by atoms with van der Waals surface area (Å²) >= 11 is 5.90. The third kappa shape index (κ3) is 2.15. The lowest BCUT2D eigenvalue weighted by Crippen LogP contribution is -1.87. The molecule has 0 N–H and O–H groups in total. The van der Waals surface area contributed by atoms with Crippen molar-refractivity contribution in [3.05, 3.63) is 63.9 Å². The van der Waals surface area contributed by atoms with Gasteiger partial charge in [0.25, 0.3) is 5.69 Å². The van der Waals surface area contributed by atoms with Crippen LogP contribution in [0.3, 0.4) is 0 Å². The first-order valence-corrected chi connectivity index (χ1v) is 5.90. The van der Waals surface area contributed by atoms with E-state index in [1.165, 1.54) is 12.1 Å². The molecule has 19 heavy (non-hydrogen) atoms. The largest absolute Gasteiger partial charge is 0.305 e. The van der Waals surface area contributed by atoms with Crippen molar-refractivity contribution >= 4 is 22.9 Å². The van der Waals surface area contributed by atoms with Crippen molar-refractivity contribution < 1.29 is 4.92 Å². The van der Waals surface area contributed by atoms with Crippen LogP contribution in [0.2, 0.25) is 5.02 Å². The number of non-ortho nitro benzene ring substituents is 1. The highest BCUT2D eigenvalue weighted by atomic mass is 35.5. The first kappa shape index (κ1) is 11.7. The Labute approximate surface area is 113 Å². The lowest BCUT2D eigenvalue weighted by molar-refractivity contribution is -0.384. The zero-order valence-corrected chi connectivity index (χ0v) is 10.4. The van der Waals surface area contributed by atoms with E-state index in [-0.39, 0.29) is 5.69 Å². The lowest BCUT2D eigenvalue weighted by Gasteiger charge is -1.95. The minimum atomic E-state index is -0.420. The van der Waals surface area contributed by atoms with Crippen LogP contribution < -0.4 is 0 Å². The van der Waals surface area contributed by atoms with E-state index in [4.69, 9.17) is 11.6 Å². The maximum atomic E-state index is 10.8. The van der Waals surface area contributed by atoms with E-state index in [9.17, 15) is 10.1 Å². The maximum Gasteiger partial charge on any atom is 0.270 e. The summed E-state index contributed by atoms with van der Waals surface area (Å²) < 4.78 is 1.79. The third-order valence-corrected chi connectivity index (χ3v) is 2.99. The molecule has 0 unspecified atom stereocenters. The van der Waals surface area contributed by atoms with E-state index in [0.29, 0.717) is 16.3 Å². The van der Waals surface area contributed by atoms with Gasteiger partial charge in [0.05, 0.1) is 15.6 Å². The molecule has 94 valence electrons. The molecule has 0 saturated heterocycles. The molecule has 0 saturated carbocycles. The summed E-state index contributed by atoms with van der Waals surface area (Å²) in [7, 11) is 0. The molecule has 5 nitrogen and oxygen atoms in total. The molecule has 2 aromatic heterocycles. The van der Waals surface area contributed by atoms with Gasteiger partial charge in [0.2, 0.25) is 0 Å². The Hall–Kier alpha value is -2.40. The molecule has 0 radical (unpaired) electrons. The van der Waals surface area contributed by atoms with Crippen LogP contribution in [-0.4, -0.2) is 14.3 Å². The molecular weight excluding hydrogens is 266 g/mol. The number of nitrogens with zero attached hydrogens (tertiary/aromatic N) is 3. The van der Waals surface area contributed by atoms with E-state index < -0.39 is 4.92 Å². The summed E-state index contributed by atoms with van der Waals surface area (Å²) in [6, 6.07) is 9.94. The molecule has 0 aliphatic carbocycles. The van der Waals surface area contributed by atoms with Crippen LogP contribution in [-0.2, 0) is 0 Å². The number of halogens is 1. The summed E-state index contributed by atoms with van der Waals surface area (Å²) in [4.78, 5) is 14.7. The number of hydrogen-bond acceptors (Lipinski definition) is 3. The Bertz CT molecular complexity index is 782. The van der Waals surface area contributed by atoms with Crippen LogP contribution in [0.15, 0.2) is 48.8 Å². The molecule has 6 heteroatoms. The molecular formula is C13H8ClN3O2. The Morgan fingerprint density at radius 3 is 2.84 bits per heavy atom. The summed E-state index contributed by atoms with van der Waals surface area (Å²) in [6.45, 7) is 0. The quantitative estimate of drug-likeness (QED) is 0.530. The zero-order valence-electron chi connectivity index (χ0n) is 9.65. The normalized spacial score (nSPS) is 10.8. The van der Waals surface area contributed by atoms with Crippen LogP contribution in [0.25, 0.3) is 16.9 Å². The van der Waals surface area contributed by atoms with Crippen LogP contribution in [0.4, 0.5) is 5.69 Å². The van der Waals surface area contributed by atoms with Crippen LogP contribution in [0.5, 0.6) is 0 Å². The number of imidazole rings is 1. The number of nitro groups is 1. The Balaban J connectivity index is 2.13. The van der Waals surface area contributed by atoms with Gasteiger partial charge >= 0.3 is 0 Å². The van der Waals surface area contributed by atoms with Crippen molar-refractivity contribution in [2.24, 2.45) is 0 Å². The van der Waals surface area contributed by atoms with Gasteiger partial charge in [-0.2, -0.15) is 0 Å². The standard InChI is InChI=1S/C13H8ClN3O2/c14-10-4-5-13-15-12(8-16(13)7-10)9-2-1-3-11(6-9)17(18)19/h1-8H. The highest BCUT2D eigenvalue weighted by molar-refractivity contribution is 6.30. The Morgan fingerprint density at radius 1 is 1.21 bits per heavy atom. The summed E-state index contributed by atoms with van der Waals surface area (Å²) in [6.07, 6.45) is 3.53. The van der Waals surface area contributed by atoms with Gasteiger partial charge in [0, 0.05) is 30.1 Å². The van der Waals surface area contributed by atoms with Crippen molar-refractivity contribution in [1.29, 1.82) is 0 Å². The van der Waals surface area contributed by atoms with Crippen LogP contribution >= 0.6 is 11.6 Å². The predicted molar refractivity (Wildman–Crippen MR) is 72.3 cm³/mol. The zero-order chi connectivity index (χ0) is 13.4. The second kappa shape index (κ2) is 4.37. The topological polar surface area (TPSA) is 60.4 Å². The molecule has 0 aliphatic rings. The Kier molecular flexibility index (Phi) is 2.68. The smallest absolute Gasteiger partial charge is 0.270 e. The molecule has 2 heterocycles. The lowest BCUT2D eigenvalue weighted by atomic mass is 10.1. The molecule has 3 aromatic rings. The third-order valence-electron chi connectivity index (χ3n) is 2.77. The number of rotatable bonds is 2. The fourth-order valence-electron chi connectivity index (χ4n) is 1.88. The minimum absolute atomic E-state index is 0.0487. The highest BCUT2D eigenvalue weighted by Crippen LogP contribution is 2.24. The van der Waals surface area contributed by atoms with Gasteiger partial charge < -0.3 is 4.40 Å². The van der Waals surface area contributed by atoms with Gasteiger partial charge in [-0.05, 0) is 12.1 Å². The fraction of sp³-hybridized carbons (Fsp3) is 0. The van der Waals surface area contributed by atoms with E-state index in [1.54, 1.807) is 41.1 Å². The maximum absolute atomic E-state index is 10.8. The number of nitro benzene ring substituents is 1. The second-order valence-corrected chi connectivity index (χ2v) is 4.48. The van der Waals surface area contributed by atoms with Crippen molar-refractivity contribution in [2.75, 3.05) is 0 Å². The summed E-state index contributed by atoms with van der Waals surface area (Å²) in [5.41, 5.74) is 2.17. The van der Waals surface area contributed by atoms with Crippen molar-refractivity contribution in [3.63, 3.8) is 0 Å². The SMILES string of the molecule is O=[N+]([O-])c1cccc(-c2cn3cc(Cl)ccc3n2)c1. The second-order valence-electron chi connectivity index (χ2n) is 4.05. The summed E-state index contributed by atoms with van der Waals surface area (Å²) in [5, 5.41) is 11.4. The molecule has 0 amide bonds. The average molecular weight is 274 g/mol. The molecule has 0 aliphatic heterocycles. The van der Waals surface area contributed by atoms with Crippen LogP contribution in [0.1, 0.15) is 0 Å². The number of hydrogen-bond donors (Lipinski definition) is 0. The molecule has 0 spiro atoms. The van der Waals surface area contributed by atoms with E-state index in [0.717, 1.165) is 5.65 Å². The first-order chi connectivity index (χ1) is 9.13. The molecule has 0 bridgehead atoms. The van der Waals surface area contributed by atoms with E-state index in [2.05, 4.69) is 4.98 Å². The number of aromatic nitrogens is 2. The first-order valence-electron chi connectivity index (χ1n) is 5.52. The minimum Gasteiger partial charge on any atom is -0.305 e.